The number of aliphatic imine (C=N–C) groups is 1. The fourth-order valence-corrected chi connectivity index (χ4v) is 3.99. The highest BCUT2D eigenvalue weighted by molar-refractivity contribution is 7.95. The summed E-state index contributed by atoms with van der Waals surface area (Å²) in [5, 5.41) is 2.82. The average molecular weight is 368 g/mol. The maximum atomic E-state index is 12.1. The topological polar surface area (TPSA) is 78.9 Å². The zero-order valence-electron chi connectivity index (χ0n) is 13.9. The van der Waals surface area contributed by atoms with E-state index in [0.29, 0.717) is 18.2 Å². The molecule has 0 radical (unpaired) electrons. The molecule has 0 saturated carbocycles. The van der Waals surface area contributed by atoms with Gasteiger partial charge in [0.05, 0.1) is 19.2 Å². The highest BCUT2D eigenvalue weighted by atomic mass is 32.2. The number of nitrogens with zero attached hydrogens (tertiary/aromatic N) is 3. The van der Waals surface area contributed by atoms with E-state index in [0.717, 1.165) is 29.5 Å². The Morgan fingerprint density at radius 3 is 3.04 bits per heavy atom. The summed E-state index contributed by atoms with van der Waals surface area (Å²) < 4.78 is 11.6. The Kier molecular flexibility index (Phi) is 5.54. The second kappa shape index (κ2) is 7.64. The van der Waals surface area contributed by atoms with Crippen molar-refractivity contribution in [2.45, 2.75) is 32.4 Å². The third kappa shape index (κ3) is 3.64. The quantitative estimate of drug-likeness (QED) is 0.583. The monoisotopic (exact) mass is 367 g/mol. The molecule has 3 heterocycles. The van der Waals surface area contributed by atoms with E-state index >= 15 is 0 Å². The molecule has 130 valence electrons. The molecule has 1 fully saturated rings. The number of carbonyl (C=O) groups excluding carboxylic acids is 1. The molecule has 0 bridgehead atoms. The van der Waals surface area contributed by atoms with Gasteiger partial charge in [0.25, 0.3) is 0 Å². The maximum absolute atomic E-state index is 12.1. The predicted molar refractivity (Wildman–Crippen MR) is 96.7 cm³/mol. The molecule has 0 unspecified atom stereocenters. The number of esters is 1. The number of carbonyl (C=O) groups is 1. The molecule has 0 amide bonds. The zero-order chi connectivity index (χ0) is 17.1. The van der Waals surface area contributed by atoms with Gasteiger partial charge in [-0.3, -0.25) is 4.99 Å². The lowest BCUT2D eigenvalue weighted by Gasteiger charge is -2.26. The van der Waals surface area contributed by atoms with Crippen molar-refractivity contribution in [3.05, 3.63) is 27.9 Å². The molecule has 1 aromatic heterocycles. The first kappa shape index (κ1) is 17.4. The van der Waals surface area contributed by atoms with E-state index in [-0.39, 0.29) is 12.0 Å². The number of methoxy groups -OCH3 is 1. The van der Waals surface area contributed by atoms with Crippen molar-refractivity contribution in [2.24, 2.45) is 4.99 Å². The van der Waals surface area contributed by atoms with Crippen LogP contribution in [0.3, 0.4) is 0 Å². The first-order chi connectivity index (χ1) is 11.6. The number of fused-ring (bicyclic) bond motifs is 1. The Labute approximate surface area is 149 Å². The van der Waals surface area contributed by atoms with Gasteiger partial charge < -0.3 is 9.64 Å². The highest BCUT2D eigenvalue weighted by Gasteiger charge is 2.37. The van der Waals surface area contributed by atoms with Crippen molar-refractivity contribution in [2.75, 3.05) is 20.2 Å². The van der Waals surface area contributed by atoms with Crippen LogP contribution >= 0.6 is 23.5 Å². The molecule has 0 aliphatic carbocycles. The third-order valence-corrected chi connectivity index (χ3v) is 5.54. The van der Waals surface area contributed by atoms with Crippen molar-refractivity contribution in [3.8, 4) is 0 Å². The standard InChI is InChI=1S/C15H21N5O2S2/c1-9(2)18-24-19-10-6-12-11(15(21)22-3)7-17-13(20(12)8-10)14-16-4-5-23-14/h4-5,9-10,18-19H,6-8H2,1-3H3/t10-/m0/s1. The fourth-order valence-electron chi connectivity index (χ4n) is 2.71. The van der Waals surface area contributed by atoms with E-state index in [4.69, 9.17) is 4.74 Å². The minimum Gasteiger partial charge on any atom is -0.466 e. The molecule has 1 saturated heterocycles. The molecule has 24 heavy (non-hydrogen) atoms. The van der Waals surface area contributed by atoms with Crippen molar-refractivity contribution < 1.29 is 9.53 Å². The number of hydrogen-bond donors (Lipinski definition) is 2. The van der Waals surface area contributed by atoms with E-state index in [2.05, 4.69) is 38.2 Å². The summed E-state index contributed by atoms with van der Waals surface area (Å²) >= 11 is 3.06. The number of thiazole rings is 1. The van der Waals surface area contributed by atoms with Crippen molar-refractivity contribution >= 4 is 35.3 Å². The molecule has 1 aromatic rings. The van der Waals surface area contributed by atoms with Crippen LogP contribution in [0.25, 0.3) is 0 Å². The summed E-state index contributed by atoms with van der Waals surface area (Å²) in [5.74, 6) is 0.546. The van der Waals surface area contributed by atoms with Gasteiger partial charge in [-0.15, -0.1) is 11.3 Å². The summed E-state index contributed by atoms with van der Waals surface area (Å²) in [5.41, 5.74) is 1.63. The Morgan fingerprint density at radius 1 is 1.54 bits per heavy atom. The second-order valence-corrected chi connectivity index (χ2v) is 7.47. The highest BCUT2D eigenvalue weighted by Crippen LogP contribution is 2.32. The van der Waals surface area contributed by atoms with Crippen LogP contribution in [0.15, 0.2) is 27.8 Å². The summed E-state index contributed by atoms with van der Waals surface area (Å²) in [6.07, 6.45) is 2.54. The predicted octanol–water partition coefficient (Wildman–Crippen LogP) is 1.56. The van der Waals surface area contributed by atoms with E-state index < -0.39 is 0 Å². The Hall–Kier alpha value is -1.42. The van der Waals surface area contributed by atoms with E-state index in [9.17, 15) is 4.79 Å². The lowest BCUT2D eigenvalue weighted by Crippen LogP contribution is -2.36. The summed E-state index contributed by atoms with van der Waals surface area (Å²) in [6, 6.07) is 0.614. The van der Waals surface area contributed by atoms with Crippen LogP contribution in [-0.2, 0) is 9.53 Å². The molecule has 7 nitrogen and oxygen atoms in total. The van der Waals surface area contributed by atoms with Crippen LogP contribution in [0.5, 0.6) is 0 Å². The summed E-state index contributed by atoms with van der Waals surface area (Å²) in [4.78, 5) is 23.1. The van der Waals surface area contributed by atoms with Gasteiger partial charge in [0, 0.05) is 54.5 Å². The normalized spacial score (nSPS) is 20.4. The molecule has 0 aromatic carbocycles. The first-order valence-electron chi connectivity index (χ1n) is 7.79. The van der Waals surface area contributed by atoms with E-state index in [1.54, 1.807) is 17.5 Å². The zero-order valence-corrected chi connectivity index (χ0v) is 15.5. The number of hydrogen-bond acceptors (Lipinski definition) is 9. The lowest BCUT2D eigenvalue weighted by atomic mass is 10.1. The Bertz CT molecular complexity index is 657. The minimum atomic E-state index is -0.300. The van der Waals surface area contributed by atoms with Crippen LogP contribution in [0.4, 0.5) is 0 Å². The molecule has 2 aliphatic rings. The largest absolute Gasteiger partial charge is 0.466 e. The maximum Gasteiger partial charge on any atom is 0.337 e. The van der Waals surface area contributed by atoms with Crippen LogP contribution in [0, 0.1) is 0 Å². The third-order valence-electron chi connectivity index (χ3n) is 3.74. The van der Waals surface area contributed by atoms with Crippen molar-refractivity contribution in [1.29, 1.82) is 0 Å². The van der Waals surface area contributed by atoms with Crippen LogP contribution in [0.2, 0.25) is 0 Å². The van der Waals surface area contributed by atoms with Crippen LogP contribution in [-0.4, -0.2) is 54.0 Å². The molecular weight excluding hydrogens is 346 g/mol. The minimum absolute atomic E-state index is 0.221. The number of amidine groups is 1. The van der Waals surface area contributed by atoms with Gasteiger partial charge >= 0.3 is 5.97 Å². The number of nitrogens with one attached hydrogen (secondary N) is 2. The SMILES string of the molecule is COC(=O)C1=C2C[C@H](NSNC(C)C)CN2C(c2nccs2)=NC1. The van der Waals surface area contributed by atoms with Crippen LogP contribution < -0.4 is 9.44 Å². The molecule has 3 rings (SSSR count). The summed E-state index contributed by atoms with van der Waals surface area (Å²) in [6.45, 7) is 5.29. The van der Waals surface area contributed by atoms with Crippen LogP contribution in [0.1, 0.15) is 25.3 Å². The lowest BCUT2D eigenvalue weighted by molar-refractivity contribution is -0.136. The first-order valence-corrected chi connectivity index (χ1v) is 9.48. The van der Waals surface area contributed by atoms with Gasteiger partial charge in [0.15, 0.2) is 10.8 Å². The van der Waals surface area contributed by atoms with Gasteiger partial charge in [-0.2, -0.15) is 0 Å². The average Bonchev–Trinajstić information content (AvgIpc) is 3.22. The molecule has 2 aliphatic heterocycles. The number of rotatable bonds is 6. The van der Waals surface area contributed by atoms with Gasteiger partial charge in [0.1, 0.15) is 0 Å². The number of ether oxygens (including phenoxy) is 1. The van der Waals surface area contributed by atoms with Crippen molar-refractivity contribution in [1.82, 2.24) is 19.3 Å². The molecule has 1 atom stereocenters. The summed E-state index contributed by atoms with van der Waals surface area (Å²) in [7, 11) is 1.41. The fraction of sp³-hybridized carbons (Fsp3) is 0.533. The van der Waals surface area contributed by atoms with Gasteiger partial charge in [-0.25, -0.2) is 19.2 Å². The molecule has 9 heteroatoms. The van der Waals surface area contributed by atoms with Gasteiger partial charge in [-0.1, -0.05) is 0 Å². The van der Waals surface area contributed by atoms with Crippen molar-refractivity contribution in [3.63, 3.8) is 0 Å². The molecule has 2 N–H and O–H groups in total. The van der Waals surface area contributed by atoms with Gasteiger partial charge in [0.2, 0.25) is 0 Å². The number of aromatic nitrogens is 1. The molecular formula is C15H21N5O2S2. The molecule has 0 spiro atoms. The smallest absolute Gasteiger partial charge is 0.337 e. The van der Waals surface area contributed by atoms with Gasteiger partial charge in [-0.05, 0) is 13.8 Å². The second-order valence-electron chi connectivity index (χ2n) is 5.90. The van der Waals surface area contributed by atoms with E-state index in [1.807, 2.05) is 5.38 Å². The Morgan fingerprint density at radius 2 is 2.38 bits per heavy atom. The Balaban J connectivity index is 1.80. The van der Waals surface area contributed by atoms with E-state index in [1.165, 1.54) is 19.2 Å².